The third-order valence-corrected chi connectivity index (χ3v) is 5.79. The minimum Gasteiger partial charge on any atom is -0.334 e. The first-order valence-electron chi connectivity index (χ1n) is 11.2. The van der Waals surface area contributed by atoms with Gasteiger partial charge in [-0.3, -0.25) is 14.5 Å². The van der Waals surface area contributed by atoms with Gasteiger partial charge in [-0.15, -0.1) is 0 Å². The van der Waals surface area contributed by atoms with E-state index < -0.39 is 0 Å². The Morgan fingerprint density at radius 1 is 1.19 bits per heavy atom. The summed E-state index contributed by atoms with van der Waals surface area (Å²) in [5, 5.41) is 4.32. The number of amides is 1. The summed E-state index contributed by atoms with van der Waals surface area (Å²) >= 11 is 0. The molecule has 0 spiro atoms. The molecule has 1 atom stereocenters. The van der Waals surface area contributed by atoms with E-state index in [9.17, 15) is 4.79 Å². The lowest BCUT2D eigenvalue weighted by atomic mass is 9.93. The van der Waals surface area contributed by atoms with Gasteiger partial charge in [0.2, 0.25) is 5.91 Å². The lowest BCUT2D eigenvalue weighted by Crippen LogP contribution is -2.39. The van der Waals surface area contributed by atoms with E-state index in [1.165, 1.54) is 0 Å². The highest BCUT2D eigenvalue weighted by Gasteiger charge is 2.31. The largest absolute Gasteiger partial charge is 0.334 e. The maximum absolute atomic E-state index is 13.3. The van der Waals surface area contributed by atoms with Crippen molar-refractivity contribution in [3.63, 3.8) is 0 Å². The standard InChI is InChI=1S/C24H30N6O/c1-3-6-22-26-16-20(19-8-11-25-12-9-19)24(28-22)21-7-4-5-13-30(21)23(31)10-14-29-17-18(2)15-27-29/h8-9,11-12,15-17,21H,3-7,10,13-14H2,1-2H3. The molecule has 1 unspecified atom stereocenters. The maximum Gasteiger partial charge on any atom is 0.225 e. The van der Waals surface area contributed by atoms with Gasteiger partial charge in [-0.1, -0.05) is 6.92 Å². The van der Waals surface area contributed by atoms with E-state index >= 15 is 0 Å². The normalized spacial score (nSPS) is 16.5. The summed E-state index contributed by atoms with van der Waals surface area (Å²) in [6, 6.07) is 3.94. The molecule has 0 aliphatic carbocycles. The number of rotatable bonds is 7. The van der Waals surface area contributed by atoms with Crippen molar-refractivity contribution < 1.29 is 4.79 Å². The zero-order chi connectivity index (χ0) is 21.6. The smallest absolute Gasteiger partial charge is 0.225 e. The second-order valence-corrected chi connectivity index (χ2v) is 8.20. The van der Waals surface area contributed by atoms with Crippen molar-refractivity contribution >= 4 is 5.91 Å². The minimum absolute atomic E-state index is 0.0256. The van der Waals surface area contributed by atoms with E-state index in [-0.39, 0.29) is 11.9 Å². The fraction of sp³-hybridized carbons (Fsp3) is 0.458. The molecule has 4 heterocycles. The molecule has 1 saturated heterocycles. The van der Waals surface area contributed by atoms with Gasteiger partial charge in [0, 0.05) is 56.3 Å². The van der Waals surface area contributed by atoms with Gasteiger partial charge in [0.25, 0.3) is 0 Å². The maximum atomic E-state index is 13.3. The highest BCUT2D eigenvalue weighted by atomic mass is 16.2. The molecule has 0 aromatic carbocycles. The monoisotopic (exact) mass is 418 g/mol. The quantitative estimate of drug-likeness (QED) is 0.576. The minimum atomic E-state index is -0.0256. The molecule has 162 valence electrons. The van der Waals surface area contributed by atoms with Crippen molar-refractivity contribution in [2.75, 3.05) is 6.54 Å². The van der Waals surface area contributed by atoms with Crippen LogP contribution in [0.2, 0.25) is 0 Å². The van der Waals surface area contributed by atoms with Crippen LogP contribution in [0.1, 0.15) is 62.2 Å². The van der Waals surface area contributed by atoms with Gasteiger partial charge in [0.05, 0.1) is 17.9 Å². The van der Waals surface area contributed by atoms with Crippen molar-refractivity contribution in [3.05, 3.63) is 60.2 Å². The second-order valence-electron chi connectivity index (χ2n) is 8.20. The number of piperidine rings is 1. The van der Waals surface area contributed by atoms with Crippen molar-refractivity contribution in [1.29, 1.82) is 0 Å². The Morgan fingerprint density at radius 2 is 2.03 bits per heavy atom. The highest BCUT2D eigenvalue weighted by molar-refractivity contribution is 5.77. The average molecular weight is 419 g/mol. The molecule has 0 N–H and O–H groups in total. The fourth-order valence-electron chi connectivity index (χ4n) is 4.24. The van der Waals surface area contributed by atoms with Gasteiger partial charge < -0.3 is 4.90 Å². The van der Waals surface area contributed by atoms with Crippen LogP contribution in [0.4, 0.5) is 0 Å². The summed E-state index contributed by atoms with van der Waals surface area (Å²) in [7, 11) is 0. The van der Waals surface area contributed by atoms with Crippen LogP contribution in [0.25, 0.3) is 11.1 Å². The van der Waals surface area contributed by atoms with E-state index in [1.807, 2.05) is 47.2 Å². The molecule has 0 bridgehead atoms. The van der Waals surface area contributed by atoms with Gasteiger partial charge in [-0.25, -0.2) is 9.97 Å². The lowest BCUT2D eigenvalue weighted by molar-refractivity contribution is -0.135. The van der Waals surface area contributed by atoms with Gasteiger partial charge in [-0.05, 0) is 55.9 Å². The van der Waals surface area contributed by atoms with Gasteiger partial charge in [0.15, 0.2) is 0 Å². The van der Waals surface area contributed by atoms with Gasteiger partial charge in [0.1, 0.15) is 5.82 Å². The zero-order valence-corrected chi connectivity index (χ0v) is 18.4. The van der Waals surface area contributed by atoms with Crippen LogP contribution in [0, 0.1) is 6.92 Å². The Balaban J connectivity index is 1.63. The predicted octanol–water partition coefficient (Wildman–Crippen LogP) is 4.14. The number of nitrogens with zero attached hydrogens (tertiary/aromatic N) is 6. The Labute approximate surface area is 183 Å². The van der Waals surface area contributed by atoms with Crippen molar-refractivity contribution in [1.82, 2.24) is 29.6 Å². The average Bonchev–Trinajstić information content (AvgIpc) is 3.23. The van der Waals surface area contributed by atoms with Gasteiger partial charge >= 0.3 is 0 Å². The molecule has 3 aromatic heterocycles. The van der Waals surface area contributed by atoms with Crippen LogP contribution >= 0.6 is 0 Å². The molecule has 1 amide bonds. The van der Waals surface area contributed by atoms with E-state index in [4.69, 9.17) is 4.98 Å². The summed E-state index contributed by atoms with van der Waals surface area (Å²) < 4.78 is 1.85. The topological polar surface area (TPSA) is 76.8 Å². The van der Waals surface area contributed by atoms with Crippen LogP contribution in [0.5, 0.6) is 0 Å². The predicted molar refractivity (Wildman–Crippen MR) is 119 cm³/mol. The van der Waals surface area contributed by atoms with E-state index in [0.29, 0.717) is 13.0 Å². The number of carbonyl (C=O) groups is 1. The van der Waals surface area contributed by atoms with Gasteiger partial charge in [-0.2, -0.15) is 5.10 Å². The van der Waals surface area contributed by atoms with Crippen molar-refractivity contribution in [3.8, 4) is 11.1 Å². The number of likely N-dealkylation sites (tertiary alicyclic amines) is 1. The number of hydrogen-bond donors (Lipinski definition) is 0. The number of aromatic nitrogens is 5. The van der Waals surface area contributed by atoms with Crippen LogP contribution in [-0.4, -0.2) is 42.1 Å². The molecule has 7 nitrogen and oxygen atoms in total. The summed E-state index contributed by atoms with van der Waals surface area (Å²) in [5.41, 5.74) is 4.11. The molecule has 0 saturated carbocycles. The molecular formula is C24H30N6O. The third-order valence-electron chi connectivity index (χ3n) is 5.79. The molecule has 1 fully saturated rings. The molecule has 7 heteroatoms. The molecular weight excluding hydrogens is 388 g/mol. The summed E-state index contributed by atoms with van der Waals surface area (Å²) in [6.07, 6.45) is 14.6. The number of carbonyl (C=O) groups excluding carboxylic acids is 1. The SMILES string of the molecule is CCCc1ncc(-c2ccncc2)c(C2CCCCN2C(=O)CCn2cc(C)cn2)n1. The van der Waals surface area contributed by atoms with Crippen molar-refractivity contribution in [2.45, 2.75) is 65.0 Å². The molecule has 1 aliphatic rings. The van der Waals surface area contributed by atoms with E-state index in [1.54, 1.807) is 12.4 Å². The first-order valence-corrected chi connectivity index (χ1v) is 11.2. The molecule has 0 radical (unpaired) electrons. The van der Waals surface area contributed by atoms with Crippen LogP contribution < -0.4 is 0 Å². The number of pyridine rings is 1. The van der Waals surface area contributed by atoms with Crippen LogP contribution in [0.15, 0.2) is 43.1 Å². The number of hydrogen-bond acceptors (Lipinski definition) is 5. The van der Waals surface area contributed by atoms with Crippen molar-refractivity contribution in [2.24, 2.45) is 0 Å². The molecule has 1 aliphatic heterocycles. The first kappa shape index (κ1) is 21.2. The summed E-state index contributed by atoms with van der Waals surface area (Å²) in [6.45, 7) is 5.51. The summed E-state index contributed by atoms with van der Waals surface area (Å²) in [5.74, 6) is 1.01. The Morgan fingerprint density at radius 3 is 2.77 bits per heavy atom. The third kappa shape index (κ3) is 4.98. The Kier molecular flexibility index (Phi) is 6.70. The van der Waals surface area contributed by atoms with Crippen LogP contribution in [0.3, 0.4) is 0 Å². The highest BCUT2D eigenvalue weighted by Crippen LogP contribution is 2.36. The number of aryl methyl sites for hydroxylation is 3. The van der Waals surface area contributed by atoms with E-state index in [0.717, 1.165) is 66.9 Å². The first-order chi connectivity index (χ1) is 15.2. The van der Waals surface area contributed by atoms with Crippen LogP contribution in [-0.2, 0) is 17.8 Å². The van der Waals surface area contributed by atoms with E-state index in [2.05, 4.69) is 22.0 Å². The molecule has 4 rings (SSSR count). The summed E-state index contributed by atoms with van der Waals surface area (Å²) in [4.78, 5) is 29.0. The molecule has 3 aromatic rings. The Bertz CT molecular complexity index is 1020. The lowest BCUT2D eigenvalue weighted by Gasteiger charge is -2.36. The zero-order valence-electron chi connectivity index (χ0n) is 18.4. The molecule has 31 heavy (non-hydrogen) atoms. The second kappa shape index (κ2) is 9.81. The fourth-order valence-corrected chi connectivity index (χ4v) is 4.24. The Hall–Kier alpha value is -3.09.